The van der Waals surface area contributed by atoms with Gasteiger partial charge in [-0.1, -0.05) is 29.8 Å². The Balaban J connectivity index is 1.76. The van der Waals surface area contributed by atoms with Crippen molar-refractivity contribution in [3.63, 3.8) is 0 Å². The topological polar surface area (TPSA) is 57.7 Å². The van der Waals surface area contributed by atoms with Crippen LogP contribution in [0.5, 0.6) is 0 Å². The molecule has 1 heterocycles. The molecule has 2 aromatic carbocycles. The minimum Gasteiger partial charge on any atom is -0.315 e. The zero-order valence-corrected chi connectivity index (χ0v) is 16.1. The van der Waals surface area contributed by atoms with Crippen LogP contribution in [0.15, 0.2) is 59.5 Å². The number of sulfonamides is 1. The molecule has 0 aliphatic carbocycles. The van der Waals surface area contributed by atoms with Crippen LogP contribution in [0.25, 0.3) is 0 Å². The third kappa shape index (κ3) is 3.92. The molecular weight excluding hydrogens is 372 g/mol. The number of rotatable bonds is 4. The molecule has 0 N–H and O–H groups in total. The first-order valence-corrected chi connectivity index (χ1v) is 10.3. The monoisotopic (exact) mass is 392 g/mol. The average molecular weight is 393 g/mol. The highest BCUT2D eigenvalue weighted by atomic mass is 35.5. The molecule has 0 radical (unpaired) electrons. The number of piperidine rings is 1. The lowest BCUT2D eigenvalue weighted by atomic mass is 9.98. The van der Waals surface area contributed by atoms with E-state index in [9.17, 15) is 13.2 Å². The van der Waals surface area contributed by atoms with Gasteiger partial charge < -0.3 is 4.90 Å². The molecule has 7 heteroatoms. The van der Waals surface area contributed by atoms with Gasteiger partial charge in [0.1, 0.15) is 0 Å². The van der Waals surface area contributed by atoms with Crippen LogP contribution in [-0.4, -0.2) is 38.8 Å². The minimum absolute atomic E-state index is 0.0628. The smallest absolute Gasteiger partial charge is 0.243 e. The normalized spacial score (nSPS) is 18.5. The van der Waals surface area contributed by atoms with Crippen LogP contribution in [0.2, 0.25) is 5.02 Å². The van der Waals surface area contributed by atoms with Gasteiger partial charge in [0, 0.05) is 30.8 Å². The highest BCUT2D eigenvalue weighted by Crippen LogP contribution is 2.26. The summed E-state index contributed by atoms with van der Waals surface area (Å²) in [7, 11) is -1.91. The third-order valence-electron chi connectivity index (χ3n) is 4.66. The fourth-order valence-electron chi connectivity index (χ4n) is 3.17. The Hall–Kier alpha value is -1.89. The molecule has 138 valence electrons. The Bertz CT molecular complexity index is 869. The zero-order valence-electron chi connectivity index (χ0n) is 14.5. The second-order valence-corrected chi connectivity index (χ2v) is 8.76. The molecule has 1 aliphatic heterocycles. The lowest BCUT2D eigenvalue weighted by Gasteiger charge is -2.33. The largest absolute Gasteiger partial charge is 0.315 e. The summed E-state index contributed by atoms with van der Waals surface area (Å²) < 4.78 is 27.1. The molecule has 1 fully saturated rings. The Kier molecular flexibility index (Phi) is 5.65. The summed E-state index contributed by atoms with van der Waals surface area (Å²) in [5, 5.41) is 0.486. The van der Waals surface area contributed by atoms with Gasteiger partial charge in [0.05, 0.1) is 10.8 Å². The van der Waals surface area contributed by atoms with Gasteiger partial charge >= 0.3 is 0 Å². The van der Waals surface area contributed by atoms with E-state index in [1.54, 1.807) is 24.1 Å². The van der Waals surface area contributed by atoms with E-state index in [4.69, 9.17) is 11.6 Å². The number of nitrogens with zero attached hydrogens (tertiary/aromatic N) is 2. The molecule has 0 bridgehead atoms. The SMILES string of the molecule is CN(C(=O)[C@@H]1CCCN(S(=O)(=O)c2ccc(Cl)cc2)C1)c1ccccc1. The van der Waals surface area contributed by atoms with Gasteiger partial charge in [0.15, 0.2) is 0 Å². The van der Waals surface area contributed by atoms with Crippen molar-refractivity contribution >= 4 is 33.2 Å². The molecular formula is C19H21ClN2O3S. The van der Waals surface area contributed by atoms with E-state index in [0.717, 1.165) is 5.69 Å². The number of carbonyl (C=O) groups is 1. The van der Waals surface area contributed by atoms with Crippen molar-refractivity contribution in [2.24, 2.45) is 5.92 Å². The molecule has 5 nitrogen and oxygen atoms in total. The van der Waals surface area contributed by atoms with E-state index in [0.29, 0.717) is 24.4 Å². The second-order valence-electron chi connectivity index (χ2n) is 6.39. The predicted octanol–water partition coefficient (Wildman–Crippen LogP) is 3.40. The summed E-state index contributed by atoms with van der Waals surface area (Å²) in [5.74, 6) is -0.414. The summed E-state index contributed by atoms with van der Waals surface area (Å²) in [5.41, 5.74) is 0.801. The maximum Gasteiger partial charge on any atom is 0.243 e. The summed E-state index contributed by atoms with van der Waals surface area (Å²) in [6, 6.07) is 15.5. The van der Waals surface area contributed by atoms with E-state index >= 15 is 0 Å². The number of benzene rings is 2. The Morgan fingerprint density at radius 2 is 1.77 bits per heavy atom. The molecule has 0 unspecified atom stereocenters. The lowest BCUT2D eigenvalue weighted by Crippen LogP contribution is -2.45. The Morgan fingerprint density at radius 1 is 1.12 bits per heavy atom. The molecule has 0 spiro atoms. The van der Waals surface area contributed by atoms with Gasteiger partial charge in [-0.25, -0.2) is 8.42 Å². The second kappa shape index (κ2) is 7.78. The van der Waals surface area contributed by atoms with Crippen LogP contribution in [0, 0.1) is 5.92 Å². The lowest BCUT2D eigenvalue weighted by molar-refractivity contribution is -0.123. The van der Waals surface area contributed by atoms with Gasteiger partial charge in [-0.3, -0.25) is 4.79 Å². The number of hydrogen-bond acceptors (Lipinski definition) is 3. The van der Waals surface area contributed by atoms with Crippen molar-refractivity contribution in [1.82, 2.24) is 4.31 Å². The number of carbonyl (C=O) groups excluding carboxylic acids is 1. The molecule has 0 aromatic heterocycles. The van der Waals surface area contributed by atoms with Crippen LogP contribution >= 0.6 is 11.6 Å². The molecule has 3 rings (SSSR count). The molecule has 1 aliphatic rings. The van der Waals surface area contributed by atoms with Crippen molar-refractivity contribution in [2.45, 2.75) is 17.7 Å². The molecule has 2 aromatic rings. The summed E-state index contributed by atoms with van der Waals surface area (Å²) in [6.45, 7) is 0.616. The van der Waals surface area contributed by atoms with Gasteiger partial charge in [0.2, 0.25) is 15.9 Å². The average Bonchev–Trinajstić information content (AvgIpc) is 2.68. The van der Waals surface area contributed by atoms with Gasteiger partial charge in [-0.15, -0.1) is 0 Å². The summed E-state index contributed by atoms with van der Waals surface area (Å²) >= 11 is 5.85. The zero-order chi connectivity index (χ0) is 18.7. The van der Waals surface area contributed by atoms with E-state index in [1.165, 1.54) is 16.4 Å². The number of halogens is 1. The van der Waals surface area contributed by atoms with E-state index in [2.05, 4.69) is 0 Å². The first-order chi connectivity index (χ1) is 12.4. The van der Waals surface area contributed by atoms with Crippen LogP contribution < -0.4 is 4.90 Å². The van der Waals surface area contributed by atoms with Gasteiger partial charge in [0.25, 0.3) is 0 Å². The van der Waals surface area contributed by atoms with Crippen LogP contribution in [0.3, 0.4) is 0 Å². The maximum atomic E-state index is 12.9. The molecule has 26 heavy (non-hydrogen) atoms. The highest BCUT2D eigenvalue weighted by Gasteiger charge is 2.34. The quantitative estimate of drug-likeness (QED) is 0.801. The van der Waals surface area contributed by atoms with Crippen LogP contribution in [0.4, 0.5) is 5.69 Å². The van der Waals surface area contributed by atoms with Crippen molar-refractivity contribution < 1.29 is 13.2 Å². The molecule has 1 amide bonds. The van der Waals surface area contributed by atoms with E-state index < -0.39 is 10.0 Å². The number of amides is 1. The summed E-state index contributed by atoms with van der Waals surface area (Å²) in [6.07, 6.45) is 1.34. The van der Waals surface area contributed by atoms with Gasteiger partial charge in [-0.05, 0) is 49.2 Å². The van der Waals surface area contributed by atoms with Crippen molar-refractivity contribution in [3.8, 4) is 0 Å². The van der Waals surface area contributed by atoms with E-state index in [1.807, 2.05) is 30.3 Å². The van der Waals surface area contributed by atoms with Crippen molar-refractivity contribution in [1.29, 1.82) is 0 Å². The fourth-order valence-corrected chi connectivity index (χ4v) is 4.82. The summed E-state index contributed by atoms with van der Waals surface area (Å²) in [4.78, 5) is 14.6. The van der Waals surface area contributed by atoms with Crippen molar-refractivity contribution in [3.05, 3.63) is 59.6 Å². The molecule has 0 saturated carbocycles. The highest BCUT2D eigenvalue weighted by molar-refractivity contribution is 7.89. The molecule has 1 saturated heterocycles. The number of hydrogen-bond donors (Lipinski definition) is 0. The first-order valence-electron chi connectivity index (χ1n) is 8.48. The maximum absolute atomic E-state index is 12.9. The number of para-hydroxylation sites is 1. The molecule has 1 atom stereocenters. The minimum atomic E-state index is -3.63. The standard InChI is InChI=1S/C19H21ClN2O3S/c1-21(17-7-3-2-4-8-17)19(23)15-6-5-13-22(14-15)26(24,25)18-11-9-16(20)10-12-18/h2-4,7-12,15H,5-6,13-14H2,1H3/t15-/m1/s1. The third-order valence-corrected chi connectivity index (χ3v) is 6.79. The predicted molar refractivity (Wildman–Crippen MR) is 103 cm³/mol. The Labute approximate surface area is 159 Å². The van der Waals surface area contributed by atoms with Gasteiger partial charge in [-0.2, -0.15) is 4.31 Å². The first kappa shape index (κ1) is 18.9. The fraction of sp³-hybridized carbons (Fsp3) is 0.316. The van der Waals surface area contributed by atoms with E-state index in [-0.39, 0.29) is 23.3 Å². The van der Waals surface area contributed by atoms with Crippen molar-refractivity contribution in [2.75, 3.05) is 25.0 Å². The number of anilines is 1. The van der Waals surface area contributed by atoms with Crippen LogP contribution in [0.1, 0.15) is 12.8 Å². The Morgan fingerprint density at radius 3 is 2.42 bits per heavy atom. The van der Waals surface area contributed by atoms with Crippen LogP contribution in [-0.2, 0) is 14.8 Å².